The third kappa shape index (κ3) is 2.83. The third-order valence-electron chi connectivity index (χ3n) is 3.08. The summed E-state index contributed by atoms with van der Waals surface area (Å²) in [5.41, 5.74) is 1.22. The molecule has 1 unspecified atom stereocenters. The Labute approximate surface area is 124 Å². The molecule has 0 saturated carbocycles. The molecule has 2 nitrogen and oxygen atoms in total. The molecule has 0 aromatic heterocycles. The fourth-order valence-corrected chi connectivity index (χ4v) is 2.25. The van der Waals surface area contributed by atoms with Crippen molar-refractivity contribution in [3.8, 4) is 5.75 Å². The van der Waals surface area contributed by atoms with Gasteiger partial charge in [-0.25, -0.2) is 8.78 Å². The van der Waals surface area contributed by atoms with Gasteiger partial charge in [0.1, 0.15) is 23.5 Å². The van der Waals surface area contributed by atoms with Crippen molar-refractivity contribution >= 4 is 15.9 Å². The van der Waals surface area contributed by atoms with Gasteiger partial charge in [0.2, 0.25) is 0 Å². The van der Waals surface area contributed by atoms with Crippen LogP contribution in [0.5, 0.6) is 5.75 Å². The van der Waals surface area contributed by atoms with Crippen molar-refractivity contribution < 1.29 is 18.6 Å². The SMILES string of the molecule is COc1cc(C(O)c2cc(F)c(Br)cc2F)ccc1C. The number of methoxy groups -OCH3 is 1. The first-order valence-electron chi connectivity index (χ1n) is 5.91. The van der Waals surface area contributed by atoms with Gasteiger partial charge in [-0.05, 0) is 52.2 Å². The second-order valence-electron chi connectivity index (χ2n) is 4.42. The minimum Gasteiger partial charge on any atom is -0.496 e. The van der Waals surface area contributed by atoms with Gasteiger partial charge < -0.3 is 9.84 Å². The molecule has 0 heterocycles. The van der Waals surface area contributed by atoms with Crippen molar-refractivity contribution in [3.63, 3.8) is 0 Å². The van der Waals surface area contributed by atoms with Crippen LogP contribution in [-0.2, 0) is 0 Å². The lowest BCUT2D eigenvalue weighted by Crippen LogP contribution is -2.04. The number of ether oxygens (including phenoxy) is 1. The van der Waals surface area contributed by atoms with Crippen molar-refractivity contribution in [3.05, 3.63) is 63.1 Å². The van der Waals surface area contributed by atoms with Gasteiger partial charge in [0.25, 0.3) is 0 Å². The van der Waals surface area contributed by atoms with Gasteiger partial charge in [-0.15, -0.1) is 0 Å². The molecule has 0 saturated heterocycles. The Bertz CT molecular complexity index is 644. The molecule has 20 heavy (non-hydrogen) atoms. The van der Waals surface area contributed by atoms with Gasteiger partial charge in [0.05, 0.1) is 11.6 Å². The van der Waals surface area contributed by atoms with Gasteiger partial charge in [-0.1, -0.05) is 12.1 Å². The molecule has 0 aliphatic carbocycles. The van der Waals surface area contributed by atoms with E-state index in [4.69, 9.17) is 4.74 Å². The van der Waals surface area contributed by atoms with E-state index in [0.29, 0.717) is 11.3 Å². The zero-order valence-corrected chi connectivity index (χ0v) is 12.5. The third-order valence-corrected chi connectivity index (χ3v) is 3.69. The van der Waals surface area contributed by atoms with Crippen LogP contribution in [0.3, 0.4) is 0 Å². The van der Waals surface area contributed by atoms with Gasteiger partial charge in [0.15, 0.2) is 0 Å². The van der Waals surface area contributed by atoms with Gasteiger partial charge >= 0.3 is 0 Å². The first-order chi connectivity index (χ1) is 9.43. The van der Waals surface area contributed by atoms with Crippen molar-refractivity contribution in [2.24, 2.45) is 0 Å². The van der Waals surface area contributed by atoms with Crippen LogP contribution >= 0.6 is 15.9 Å². The maximum Gasteiger partial charge on any atom is 0.137 e. The van der Waals surface area contributed by atoms with Crippen LogP contribution < -0.4 is 4.74 Å². The zero-order valence-electron chi connectivity index (χ0n) is 11.0. The van der Waals surface area contributed by atoms with Crippen LogP contribution in [0.25, 0.3) is 0 Å². The second kappa shape index (κ2) is 5.89. The zero-order chi connectivity index (χ0) is 14.9. The number of aliphatic hydroxyl groups excluding tert-OH is 1. The average Bonchev–Trinajstić information content (AvgIpc) is 2.42. The maximum absolute atomic E-state index is 13.8. The predicted molar refractivity (Wildman–Crippen MR) is 75.9 cm³/mol. The molecule has 2 aromatic carbocycles. The predicted octanol–water partition coefficient (Wildman–Crippen LogP) is 4.13. The summed E-state index contributed by atoms with van der Waals surface area (Å²) < 4.78 is 32.5. The van der Waals surface area contributed by atoms with Crippen molar-refractivity contribution in [1.29, 1.82) is 0 Å². The summed E-state index contributed by atoms with van der Waals surface area (Å²) in [5.74, 6) is -0.718. The molecular weight excluding hydrogens is 330 g/mol. The molecule has 106 valence electrons. The van der Waals surface area contributed by atoms with E-state index in [1.165, 1.54) is 7.11 Å². The van der Waals surface area contributed by atoms with Crippen LogP contribution in [-0.4, -0.2) is 12.2 Å². The van der Waals surface area contributed by atoms with E-state index >= 15 is 0 Å². The minimum atomic E-state index is -1.26. The molecule has 0 radical (unpaired) electrons. The highest BCUT2D eigenvalue weighted by molar-refractivity contribution is 9.10. The van der Waals surface area contributed by atoms with E-state index in [1.54, 1.807) is 18.2 Å². The molecular formula is C15H13BrF2O2. The molecule has 5 heteroatoms. The Kier molecular flexibility index (Phi) is 4.40. The van der Waals surface area contributed by atoms with E-state index in [0.717, 1.165) is 17.7 Å². The van der Waals surface area contributed by atoms with Crippen molar-refractivity contribution in [1.82, 2.24) is 0 Å². The summed E-state index contributed by atoms with van der Waals surface area (Å²) in [6.45, 7) is 1.86. The number of hydrogen-bond acceptors (Lipinski definition) is 2. The lowest BCUT2D eigenvalue weighted by molar-refractivity contribution is 0.213. The summed E-state index contributed by atoms with van der Waals surface area (Å²) in [7, 11) is 1.51. The standard InChI is InChI=1S/C15H13BrF2O2/c1-8-3-4-9(5-14(8)20-2)15(19)10-6-13(18)11(16)7-12(10)17/h3-7,15,19H,1-2H3. The quantitative estimate of drug-likeness (QED) is 0.850. The summed E-state index contributed by atoms with van der Waals surface area (Å²) in [5, 5.41) is 10.2. The number of aliphatic hydroxyl groups is 1. The Morgan fingerprint density at radius 3 is 2.50 bits per heavy atom. The van der Waals surface area contributed by atoms with Crippen LogP contribution in [0, 0.1) is 18.6 Å². The molecule has 0 amide bonds. The number of benzene rings is 2. The Hall–Kier alpha value is -1.46. The largest absolute Gasteiger partial charge is 0.496 e. The van der Waals surface area contributed by atoms with Gasteiger partial charge in [-0.3, -0.25) is 0 Å². The maximum atomic E-state index is 13.8. The fourth-order valence-electron chi connectivity index (χ4n) is 1.93. The van der Waals surface area contributed by atoms with Crippen LogP contribution in [0.4, 0.5) is 8.78 Å². The molecule has 0 aliphatic rings. The first kappa shape index (κ1) is 14.9. The normalized spacial score (nSPS) is 12.3. The first-order valence-corrected chi connectivity index (χ1v) is 6.70. The van der Waals surface area contributed by atoms with Crippen LogP contribution in [0.1, 0.15) is 22.8 Å². The lowest BCUT2D eigenvalue weighted by Gasteiger charge is -2.15. The summed E-state index contributed by atoms with van der Waals surface area (Å²) in [6, 6.07) is 7.00. The van der Waals surface area contributed by atoms with Gasteiger partial charge in [0, 0.05) is 5.56 Å². The van der Waals surface area contributed by atoms with Crippen molar-refractivity contribution in [2.45, 2.75) is 13.0 Å². The van der Waals surface area contributed by atoms with E-state index in [9.17, 15) is 13.9 Å². The monoisotopic (exact) mass is 342 g/mol. The molecule has 0 bridgehead atoms. The number of hydrogen-bond donors (Lipinski definition) is 1. The molecule has 0 fully saturated rings. The van der Waals surface area contributed by atoms with Crippen LogP contribution in [0.2, 0.25) is 0 Å². The van der Waals surface area contributed by atoms with Crippen LogP contribution in [0.15, 0.2) is 34.8 Å². The van der Waals surface area contributed by atoms with E-state index in [-0.39, 0.29) is 10.0 Å². The highest BCUT2D eigenvalue weighted by Gasteiger charge is 2.18. The lowest BCUT2D eigenvalue weighted by atomic mass is 9.99. The highest BCUT2D eigenvalue weighted by atomic mass is 79.9. The minimum absolute atomic E-state index is 0.0208. The molecule has 0 aliphatic heterocycles. The van der Waals surface area contributed by atoms with E-state index in [2.05, 4.69) is 15.9 Å². The topological polar surface area (TPSA) is 29.5 Å². The fraction of sp³-hybridized carbons (Fsp3) is 0.200. The van der Waals surface area contributed by atoms with E-state index in [1.807, 2.05) is 6.92 Å². The van der Waals surface area contributed by atoms with Crippen molar-refractivity contribution in [2.75, 3.05) is 7.11 Å². The summed E-state index contributed by atoms with van der Waals surface area (Å²) in [6.07, 6.45) is -1.26. The number of rotatable bonds is 3. The molecule has 2 rings (SSSR count). The molecule has 1 N–H and O–H groups in total. The Morgan fingerprint density at radius 1 is 1.15 bits per heavy atom. The molecule has 0 spiro atoms. The summed E-state index contributed by atoms with van der Waals surface area (Å²) >= 11 is 2.90. The van der Waals surface area contributed by atoms with Gasteiger partial charge in [-0.2, -0.15) is 0 Å². The molecule has 2 aromatic rings. The Morgan fingerprint density at radius 2 is 1.85 bits per heavy atom. The van der Waals surface area contributed by atoms with E-state index < -0.39 is 17.7 Å². The highest BCUT2D eigenvalue weighted by Crippen LogP contribution is 2.31. The Balaban J connectivity index is 2.46. The molecule has 1 atom stereocenters. The summed E-state index contributed by atoms with van der Waals surface area (Å²) in [4.78, 5) is 0. The smallest absolute Gasteiger partial charge is 0.137 e. The number of aryl methyl sites for hydroxylation is 1. The number of halogens is 3. The second-order valence-corrected chi connectivity index (χ2v) is 5.27. The average molecular weight is 343 g/mol.